The minimum atomic E-state index is -0.392. The maximum Gasteiger partial charge on any atom is 0.159 e. The molecule has 3 heterocycles. The summed E-state index contributed by atoms with van der Waals surface area (Å²) in [6.07, 6.45) is 4.42. The van der Waals surface area contributed by atoms with Gasteiger partial charge in [0, 0.05) is 29.7 Å². The first kappa shape index (κ1) is 19.5. The van der Waals surface area contributed by atoms with E-state index in [0.29, 0.717) is 41.0 Å². The molecule has 0 saturated heterocycles. The van der Waals surface area contributed by atoms with E-state index in [1.54, 1.807) is 30.5 Å². The number of phenolic OH excluding ortho intramolecular Hbond substituents is 1. The molecule has 0 amide bonds. The van der Waals surface area contributed by atoms with E-state index in [2.05, 4.69) is 25.5 Å². The predicted molar refractivity (Wildman–Crippen MR) is 117 cm³/mol. The first-order chi connectivity index (χ1) is 15.1. The highest BCUT2D eigenvalue weighted by Gasteiger charge is 2.21. The third-order valence-corrected chi connectivity index (χ3v) is 5.72. The fraction of sp³-hybridized carbons (Fsp3) is 0.217. The van der Waals surface area contributed by atoms with Crippen LogP contribution in [0.5, 0.6) is 5.75 Å². The van der Waals surface area contributed by atoms with E-state index in [4.69, 9.17) is 0 Å². The average Bonchev–Trinajstić information content (AvgIpc) is 3.52. The van der Waals surface area contributed by atoms with Gasteiger partial charge < -0.3 is 20.5 Å². The number of phenols is 1. The molecule has 4 aromatic rings. The molecule has 5 N–H and O–H groups in total. The number of fused-ring (bicyclic) bond motifs is 1. The summed E-state index contributed by atoms with van der Waals surface area (Å²) in [5.41, 5.74) is 4.68. The molecule has 0 spiro atoms. The molecule has 2 aromatic carbocycles. The van der Waals surface area contributed by atoms with Crippen molar-refractivity contribution in [2.24, 2.45) is 0 Å². The smallest absolute Gasteiger partial charge is 0.159 e. The van der Waals surface area contributed by atoms with Gasteiger partial charge in [-0.1, -0.05) is 25.1 Å². The summed E-state index contributed by atoms with van der Waals surface area (Å²) in [6, 6.07) is 8.46. The van der Waals surface area contributed by atoms with Crippen molar-refractivity contribution in [3.05, 3.63) is 59.7 Å². The zero-order chi connectivity index (χ0) is 21.5. The Labute approximate surface area is 177 Å². The van der Waals surface area contributed by atoms with Crippen molar-refractivity contribution in [1.29, 1.82) is 0 Å². The molecule has 1 aliphatic rings. The maximum absolute atomic E-state index is 15.4. The van der Waals surface area contributed by atoms with Crippen LogP contribution in [0.2, 0.25) is 0 Å². The number of benzene rings is 2. The summed E-state index contributed by atoms with van der Waals surface area (Å²) in [7, 11) is 0. The summed E-state index contributed by atoms with van der Waals surface area (Å²) in [6.45, 7) is 2.63. The molecule has 0 fully saturated rings. The van der Waals surface area contributed by atoms with Crippen molar-refractivity contribution < 1.29 is 14.6 Å². The Morgan fingerprint density at radius 2 is 2.03 bits per heavy atom. The lowest BCUT2D eigenvalue weighted by molar-refractivity contribution is 0.271. The molecule has 1 unspecified atom stereocenters. The van der Waals surface area contributed by atoms with E-state index in [9.17, 15) is 10.2 Å². The predicted octanol–water partition coefficient (Wildman–Crippen LogP) is 3.37. The van der Waals surface area contributed by atoms with Crippen LogP contribution in [0.1, 0.15) is 18.2 Å². The summed E-state index contributed by atoms with van der Waals surface area (Å²) >= 11 is 0. The number of nitrogens with one attached hydrogen (secondary N) is 3. The molecule has 2 aromatic heterocycles. The number of hydrogen-bond donors (Lipinski definition) is 5. The minimum Gasteiger partial charge on any atom is -0.508 e. The molecule has 8 heteroatoms. The molecule has 1 atom stereocenters. The third kappa shape index (κ3) is 3.30. The van der Waals surface area contributed by atoms with Crippen molar-refractivity contribution in [2.45, 2.75) is 19.4 Å². The molecule has 0 radical (unpaired) electrons. The number of hydrogen-bond acceptors (Lipinski definition) is 5. The number of aromatic hydroxyl groups is 1. The van der Waals surface area contributed by atoms with Gasteiger partial charge in [0.1, 0.15) is 17.0 Å². The van der Waals surface area contributed by atoms with Gasteiger partial charge in [0.05, 0.1) is 12.3 Å². The molecule has 0 saturated carbocycles. The van der Waals surface area contributed by atoms with E-state index in [-0.39, 0.29) is 18.4 Å². The van der Waals surface area contributed by atoms with Crippen molar-refractivity contribution in [1.82, 2.24) is 25.5 Å². The SMILES string of the molecule is CCc1cc(O)ccc1-c1ccc2c(-c3nc(C4=CC(CO)NC4)c[nH]3)n[nH]c2c1F. The van der Waals surface area contributed by atoms with Gasteiger partial charge in [0.2, 0.25) is 0 Å². The number of imidazole rings is 1. The molecule has 0 bridgehead atoms. The third-order valence-electron chi connectivity index (χ3n) is 5.72. The van der Waals surface area contributed by atoms with Crippen LogP contribution in [-0.2, 0) is 6.42 Å². The summed E-state index contributed by atoms with van der Waals surface area (Å²) in [4.78, 5) is 7.75. The fourth-order valence-electron chi connectivity index (χ4n) is 4.08. The van der Waals surface area contributed by atoms with Crippen LogP contribution in [0.4, 0.5) is 4.39 Å². The molecule has 158 valence electrons. The zero-order valence-corrected chi connectivity index (χ0v) is 16.9. The van der Waals surface area contributed by atoms with Crippen LogP contribution in [0.15, 0.2) is 42.6 Å². The lowest BCUT2D eigenvalue weighted by Gasteiger charge is -2.10. The molecular weight excluding hydrogens is 397 g/mol. The van der Waals surface area contributed by atoms with Gasteiger partial charge in [-0.15, -0.1) is 0 Å². The number of nitrogens with zero attached hydrogens (tertiary/aromatic N) is 2. The largest absolute Gasteiger partial charge is 0.508 e. The fourth-order valence-corrected chi connectivity index (χ4v) is 4.08. The van der Waals surface area contributed by atoms with E-state index in [1.807, 2.05) is 19.1 Å². The monoisotopic (exact) mass is 419 g/mol. The summed E-state index contributed by atoms with van der Waals surface area (Å²) in [5, 5.41) is 30.0. The van der Waals surface area contributed by atoms with Crippen molar-refractivity contribution in [3.63, 3.8) is 0 Å². The number of H-pyrrole nitrogens is 2. The number of halogens is 1. The Bertz CT molecular complexity index is 1310. The van der Waals surface area contributed by atoms with Crippen molar-refractivity contribution >= 4 is 16.5 Å². The van der Waals surface area contributed by atoms with Gasteiger partial charge in [-0.25, -0.2) is 9.37 Å². The maximum atomic E-state index is 15.4. The van der Waals surface area contributed by atoms with Gasteiger partial charge in [0.15, 0.2) is 11.6 Å². The van der Waals surface area contributed by atoms with E-state index >= 15 is 4.39 Å². The van der Waals surface area contributed by atoms with E-state index in [0.717, 1.165) is 22.4 Å². The molecule has 5 rings (SSSR count). The van der Waals surface area contributed by atoms with Crippen LogP contribution in [0.3, 0.4) is 0 Å². The van der Waals surface area contributed by atoms with Crippen molar-refractivity contribution in [2.75, 3.05) is 13.2 Å². The standard InChI is InChI=1S/C23H22FN5O2/c1-2-12-8-15(31)3-4-16(12)17-5-6-18-21(20(17)24)28-29-22(18)23-26-10-19(27-23)13-7-14(11-30)25-9-13/h3-8,10,14,25,30-31H,2,9,11H2,1H3,(H,26,27)(H,28,29). The second-order valence-corrected chi connectivity index (χ2v) is 7.61. The zero-order valence-electron chi connectivity index (χ0n) is 16.9. The Kier molecular flexibility index (Phi) is 4.80. The molecule has 0 aliphatic carbocycles. The number of rotatable bonds is 5. The number of aliphatic hydroxyl groups excluding tert-OH is 1. The van der Waals surface area contributed by atoms with Crippen LogP contribution in [-0.4, -0.2) is 49.6 Å². The number of aliphatic hydroxyl groups is 1. The Balaban J connectivity index is 1.54. The highest BCUT2D eigenvalue weighted by atomic mass is 19.1. The van der Waals surface area contributed by atoms with E-state index in [1.165, 1.54) is 0 Å². The first-order valence-electron chi connectivity index (χ1n) is 10.2. The molecule has 1 aliphatic heterocycles. The van der Waals surface area contributed by atoms with Crippen LogP contribution in [0, 0.1) is 5.82 Å². The van der Waals surface area contributed by atoms with Gasteiger partial charge >= 0.3 is 0 Å². The topological polar surface area (TPSA) is 110 Å². The number of aromatic nitrogens is 4. The number of aromatic amines is 2. The quantitative estimate of drug-likeness (QED) is 0.341. The number of aryl methyl sites for hydroxylation is 1. The highest BCUT2D eigenvalue weighted by molar-refractivity contribution is 5.95. The lowest BCUT2D eigenvalue weighted by Crippen LogP contribution is -2.25. The summed E-state index contributed by atoms with van der Waals surface area (Å²) < 4.78 is 15.4. The van der Waals surface area contributed by atoms with Crippen LogP contribution in [0.25, 0.3) is 39.1 Å². The van der Waals surface area contributed by atoms with Gasteiger partial charge in [-0.2, -0.15) is 5.10 Å². The Morgan fingerprint density at radius 3 is 2.81 bits per heavy atom. The first-order valence-corrected chi connectivity index (χ1v) is 10.2. The molecule has 7 nitrogen and oxygen atoms in total. The van der Waals surface area contributed by atoms with Crippen LogP contribution < -0.4 is 5.32 Å². The van der Waals surface area contributed by atoms with Crippen molar-refractivity contribution in [3.8, 4) is 28.4 Å². The Morgan fingerprint density at radius 1 is 1.19 bits per heavy atom. The van der Waals surface area contributed by atoms with Crippen LogP contribution >= 0.6 is 0 Å². The average molecular weight is 419 g/mol. The highest BCUT2D eigenvalue weighted by Crippen LogP contribution is 2.35. The normalized spacial score (nSPS) is 16.2. The molecular formula is C23H22FN5O2. The van der Waals surface area contributed by atoms with Gasteiger partial charge in [-0.3, -0.25) is 5.10 Å². The lowest BCUT2D eigenvalue weighted by atomic mass is 9.96. The minimum absolute atomic E-state index is 0.0349. The van der Waals surface area contributed by atoms with Gasteiger partial charge in [-0.05, 0) is 41.3 Å². The summed E-state index contributed by atoms with van der Waals surface area (Å²) in [5.74, 6) is 0.315. The van der Waals surface area contributed by atoms with E-state index < -0.39 is 5.82 Å². The van der Waals surface area contributed by atoms with Gasteiger partial charge in [0.25, 0.3) is 0 Å². The second kappa shape index (κ2) is 7.64. The Hall–Kier alpha value is -3.49. The second-order valence-electron chi connectivity index (χ2n) is 7.61. The molecule has 31 heavy (non-hydrogen) atoms.